The Morgan fingerprint density at radius 1 is 0.800 bits per heavy atom. The number of hydrogen-bond acceptors (Lipinski definition) is 5. The van der Waals surface area contributed by atoms with Crippen LogP contribution in [0, 0.1) is 0 Å². The smallest absolute Gasteiger partial charge is 0.303 e. The molecular formula is C27H30N2O5S. The second-order valence-corrected chi connectivity index (χ2v) is 10.6. The van der Waals surface area contributed by atoms with Gasteiger partial charge in [-0.15, -0.1) is 0 Å². The second-order valence-electron chi connectivity index (χ2n) is 8.64. The Labute approximate surface area is 206 Å². The van der Waals surface area contributed by atoms with Crippen LogP contribution in [0.5, 0.6) is 5.75 Å². The van der Waals surface area contributed by atoms with E-state index in [-0.39, 0.29) is 6.42 Å². The Kier molecular flexibility index (Phi) is 8.17. The van der Waals surface area contributed by atoms with Gasteiger partial charge in [-0.2, -0.15) is 4.31 Å². The molecule has 1 aliphatic rings. The van der Waals surface area contributed by atoms with Crippen molar-refractivity contribution in [3.63, 3.8) is 0 Å². The molecular weight excluding hydrogens is 464 g/mol. The summed E-state index contributed by atoms with van der Waals surface area (Å²) in [6.45, 7) is 3.58. The van der Waals surface area contributed by atoms with Crippen LogP contribution in [0.25, 0.3) is 0 Å². The Bertz CT molecular complexity index is 1200. The van der Waals surface area contributed by atoms with E-state index in [2.05, 4.69) is 17.0 Å². The van der Waals surface area contributed by atoms with Crippen LogP contribution in [-0.2, 0) is 34.4 Å². The van der Waals surface area contributed by atoms with Crippen LogP contribution in [0.3, 0.4) is 0 Å². The number of benzene rings is 3. The summed E-state index contributed by atoms with van der Waals surface area (Å²) in [5.74, 6) is -0.0523. The number of carbonyl (C=O) groups is 1. The Morgan fingerprint density at radius 2 is 1.40 bits per heavy atom. The van der Waals surface area contributed by atoms with Gasteiger partial charge in [0.15, 0.2) is 0 Å². The SMILES string of the molecule is O=C(O)CCc1ccc(OCc2ccc(CN3CCN(S(=O)(=O)c4ccccc4)CC3)cc2)cc1. The average Bonchev–Trinajstić information content (AvgIpc) is 2.88. The summed E-state index contributed by atoms with van der Waals surface area (Å²) in [5.41, 5.74) is 3.21. The molecule has 0 bridgehead atoms. The lowest BCUT2D eigenvalue weighted by atomic mass is 10.1. The number of hydrogen-bond donors (Lipinski definition) is 1. The number of rotatable bonds is 10. The van der Waals surface area contributed by atoms with E-state index in [1.54, 1.807) is 28.6 Å². The van der Waals surface area contributed by atoms with Crippen molar-refractivity contribution in [2.45, 2.75) is 30.9 Å². The third-order valence-electron chi connectivity index (χ3n) is 6.10. The van der Waals surface area contributed by atoms with Gasteiger partial charge in [-0.05, 0) is 47.4 Å². The summed E-state index contributed by atoms with van der Waals surface area (Å²) in [4.78, 5) is 13.3. The highest BCUT2D eigenvalue weighted by Gasteiger charge is 2.28. The van der Waals surface area contributed by atoms with E-state index in [0.717, 1.165) is 23.4 Å². The first kappa shape index (κ1) is 24.9. The molecule has 0 saturated carbocycles. The lowest BCUT2D eigenvalue weighted by molar-refractivity contribution is -0.136. The monoisotopic (exact) mass is 494 g/mol. The van der Waals surface area contributed by atoms with Gasteiger partial charge in [0.25, 0.3) is 0 Å². The number of carboxylic acid groups (broad SMARTS) is 1. The predicted molar refractivity (Wildman–Crippen MR) is 134 cm³/mol. The van der Waals surface area contributed by atoms with E-state index in [0.29, 0.717) is 44.1 Å². The highest BCUT2D eigenvalue weighted by molar-refractivity contribution is 7.89. The number of nitrogens with zero attached hydrogens (tertiary/aromatic N) is 2. The lowest BCUT2D eigenvalue weighted by Crippen LogP contribution is -2.48. The standard InChI is InChI=1S/C27H30N2O5S/c30-27(31)15-12-22-10-13-25(14-11-22)34-21-24-8-6-23(7-9-24)20-28-16-18-29(19-17-28)35(32,33)26-4-2-1-3-5-26/h1-11,13-14H,12,15-21H2,(H,30,31). The van der Waals surface area contributed by atoms with Gasteiger partial charge in [0.1, 0.15) is 12.4 Å². The first-order valence-electron chi connectivity index (χ1n) is 11.7. The number of aryl methyl sites for hydroxylation is 1. The molecule has 35 heavy (non-hydrogen) atoms. The molecule has 0 spiro atoms. The summed E-state index contributed by atoms with van der Waals surface area (Å²) in [6.07, 6.45) is 0.629. The van der Waals surface area contributed by atoms with E-state index < -0.39 is 16.0 Å². The van der Waals surface area contributed by atoms with Crippen molar-refractivity contribution >= 4 is 16.0 Å². The normalized spacial score (nSPS) is 15.1. The van der Waals surface area contributed by atoms with Gasteiger partial charge in [-0.1, -0.05) is 54.6 Å². The lowest BCUT2D eigenvalue weighted by Gasteiger charge is -2.34. The minimum absolute atomic E-state index is 0.120. The van der Waals surface area contributed by atoms with Gasteiger partial charge < -0.3 is 9.84 Å². The maximum atomic E-state index is 12.8. The van der Waals surface area contributed by atoms with Crippen molar-refractivity contribution < 1.29 is 23.1 Å². The van der Waals surface area contributed by atoms with Crippen LogP contribution < -0.4 is 4.74 Å². The molecule has 8 heteroatoms. The molecule has 1 N–H and O–H groups in total. The summed E-state index contributed by atoms with van der Waals surface area (Å²) in [5, 5.41) is 8.78. The van der Waals surface area contributed by atoms with Crippen LogP contribution in [0.1, 0.15) is 23.1 Å². The fourth-order valence-electron chi connectivity index (χ4n) is 4.04. The zero-order chi connectivity index (χ0) is 24.7. The fraction of sp³-hybridized carbons (Fsp3) is 0.296. The maximum Gasteiger partial charge on any atom is 0.303 e. The number of piperazine rings is 1. The van der Waals surface area contributed by atoms with E-state index in [1.807, 2.05) is 42.5 Å². The minimum atomic E-state index is -3.43. The summed E-state index contributed by atoms with van der Waals surface area (Å²) >= 11 is 0. The maximum absolute atomic E-state index is 12.8. The van der Waals surface area contributed by atoms with E-state index >= 15 is 0 Å². The summed E-state index contributed by atoms with van der Waals surface area (Å²) < 4.78 is 33.0. The van der Waals surface area contributed by atoms with Crippen molar-refractivity contribution in [3.05, 3.63) is 95.6 Å². The van der Waals surface area contributed by atoms with Gasteiger partial charge in [-0.25, -0.2) is 8.42 Å². The summed E-state index contributed by atoms with van der Waals surface area (Å²) in [6, 6.07) is 24.4. The highest BCUT2D eigenvalue weighted by atomic mass is 32.2. The van der Waals surface area contributed by atoms with Crippen molar-refractivity contribution in [2.75, 3.05) is 26.2 Å². The van der Waals surface area contributed by atoms with Crippen LogP contribution in [0.15, 0.2) is 83.8 Å². The third kappa shape index (κ3) is 6.91. The molecule has 3 aromatic rings. The molecule has 0 radical (unpaired) electrons. The van der Waals surface area contributed by atoms with Crippen molar-refractivity contribution in [2.24, 2.45) is 0 Å². The first-order chi connectivity index (χ1) is 16.9. The average molecular weight is 495 g/mol. The molecule has 1 saturated heterocycles. The molecule has 0 aliphatic carbocycles. The van der Waals surface area contributed by atoms with Crippen molar-refractivity contribution in [1.82, 2.24) is 9.21 Å². The van der Waals surface area contributed by atoms with Crippen LogP contribution in [0.4, 0.5) is 0 Å². The van der Waals surface area contributed by atoms with Crippen molar-refractivity contribution in [1.29, 1.82) is 0 Å². The molecule has 0 aromatic heterocycles. The molecule has 4 rings (SSSR count). The van der Waals surface area contributed by atoms with Crippen LogP contribution >= 0.6 is 0 Å². The third-order valence-corrected chi connectivity index (χ3v) is 8.01. The second kappa shape index (κ2) is 11.5. The largest absolute Gasteiger partial charge is 0.489 e. The van der Waals surface area contributed by atoms with E-state index in [9.17, 15) is 13.2 Å². The Balaban J connectivity index is 1.23. The molecule has 0 amide bonds. The zero-order valence-corrected chi connectivity index (χ0v) is 20.4. The number of carboxylic acids is 1. The molecule has 1 aliphatic heterocycles. The first-order valence-corrected chi connectivity index (χ1v) is 13.1. The predicted octanol–water partition coefficient (Wildman–Crippen LogP) is 3.79. The van der Waals surface area contributed by atoms with Crippen LogP contribution in [-0.4, -0.2) is 54.9 Å². The Hall–Kier alpha value is -3.20. The molecule has 7 nitrogen and oxygen atoms in total. The molecule has 0 atom stereocenters. The van der Waals surface area contributed by atoms with Crippen LogP contribution in [0.2, 0.25) is 0 Å². The number of ether oxygens (including phenoxy) is 1. The summed E-state index contributed by atoms with van der Waals surface area (Å²) in [7, 11) is -3.43. The van der Waals surface area contributed by atoms with Gasteiger partial charge in [-0.3, -0.25) is 9.69 Å². The molecule has 1 fully saturated rings. The number of aliphatic carboxylic acids is 1. The van der Waals surface area contributed by atoms with Crippen molar-refractivity contribution in [3.8, 4) is 5.75 Å². The fourth-order valence-corrected chi connectivity index (χ4v) is 5.48. The topological polar surface area (TPSA) is 87.2 Å². The van der Waals surface area contributed by atoms with Gasteiger partial charge >= 0.3 is 5.97 Å². The Morgan fingerprint density at radius 3 is 2.03 bits per heavy atom. The van der Waals surface area contributed by atoms with E-state index in [1.165, 1.54) is 5.56 Å². The van der Waals surface area contributed by atoms with Gasteiger partial charge in [0.2, 0.25) is 10.0 Å². The zero-order valence-electron chi connectivity index (χ0n) is 19.5. The highest BCUT2D eigenvalue weighted by Crippen LogP contribution is 2.19. The number of sulfonamides is 1. The molecule has 184 valence electrons. The molecule has 1 heterocycles. The van der Waals surface area contributed by atoms with E-state index in [4.69, 9.17) is 9.84 Å². The quantitative estimate of drug-likeness (QED) is 0.462. The molecule has 0 unspecified atom stereocenters. The van der Waals surface area contributed by atoms with Gasteiger partial charge in [0, 0.05) is 39.1 Å². The minimum Gasteiger partial charge on any atom is -0.489 e. The molecule has 3 aromatic carbocycles. The van der Waals surface area contributed by atoms with Gasteiger partial charge in [0.05, 0.1) is 4.90 Å².